The molecule has 1 aromatic rings. The normalized spacial score (nSPS) is 12.2. The van der Waals surface area contributed by atoms with E-state index in [0.29, 0.717) is 0 Å². The molecule has 0 saturated heterocycles. The zero-order valence-corrected chi connectivity index (χ0v) is 11.3. The van der Waals surface area contributed by atoms with Crippen LogP contribution in [0.15, 0.2) is 18.2 Å². The first kappa shape index (κ1) is 14.2. The van der Waals surface area contributed by atoms with E-state index in [-0.39, 0.29) is 19.1 Å². The van der Waals surface area contributed by atoms with Crippen molar-refractivity contribution in [3.8, 4) is 0 Å². The molecule has 2 N–H and O–H groups in total. The van der Waals surface area contributed by atoms with Gasteiger partial charge < -0.3 is 10.2 Å². The van der Waals surface area contributed by atoms with Gasteiger partial charge in [-0.05, 0) is 31.7 Å². The van der Waals surface area contributed by atoms with E-state index in [4.69, 9.17) is 0 Å². The first-order chi connectivity index (χ1) is 7.93. The van der Waals surface area contributed by atoms with Gasteiger partial charge in [0.2, 0.25) is 0 Å². The third kappa shape index (κ3) is 3.30. The lowest BCUT2D eigenvalue weighted by Crippen LogP contribution is -2.37. The number of hydrogen-bond donors (Lipinski definition) is 2. The second kappa shape index (κ2) is 5.65. The Hall–Kier alpha value is -0.860. The molecule has 0 unspecified atom stereocenters. The minimum Gasteiger partial charge on any atom is -0.396 e. The van der Waals surface area contributed by atoms with E-state index in [9.17, 15) is 10.2 Å². The second-order valence-corrected chi connectivity index (χ2v) is 5.51. The molecule has 0 heterocycles. The Morgan fingerprint density at radius 1 is 1.00 bits per heavy atom. The first-order valence-electron chi connectivity index (χ1n) is 6.22. The fourth-order valence-corrected chi connectivity index (χ4v) is 2.31. The summed E-state index contributed by atoms with van der Waals surface area (Å²) in [6.07, 6.45) is 0.722. The molecule has 0 amide bonds. The molecule has 17 heavy (non-hydrogen) atoms. The van der Waals surface area contributed by atoms with Gasteiger partial charge in [0.25, 0.3) is 0 Å². The quantitative estimate of drug-likeness (QED) is 0.824. The molecule has 0 aliphatic heterocycles. The molecule has 0 fully saturated rings. The molecule has 0 radical (unpaired) electrons. The number of hydrogen-bond acceptors (Lipinski definition) is 2. The number of aliphatic hydroxyl groups excluding tert-OH is 2. The summed E-state index contributed by atoms with van der Waals surface area (Å²) >= 11 is 0. The molecule has 0 bridgehead atoms. The van der Waals surface area contributed by atoms with E-state index in [1.807, 2.05) is 0 Å². The largest absolute Gasteiger partial charge is 0.396 e. The van der Waals surface area contributed by atoms with Crippen molar-refractivity contribution >= 4 is 0 Å². The van der Waals surface area contributed by atoms with Crippen LogP contribution >= 0.6 is 0 Å². The maximum Gasteiger partial charge on any atom is 0.0515 e. The average molecular weight is 236 g/mol. The summed E-state index contributed by atoms with van der Waals surface area (Å²) in [4.78, 5) is 0. The van der Waals surface area contributed by atoms with Crippen molar-refractivity contribution in [1.82, 2.24) is 0 Å². The summed E-state index contributed by atoms with van der Waals surface area (Å²) in [7, 11) is 0. The molecule has 1 rings (SSSR count). The number of benzene rings is 1. The summed E-state index contributed by atoms with van der Waals surface area (Å²) in [5.41, 5.74) is 3.24. The smallest absolute Gasteiger partial charge is 0.0515 e. The molecular weight excluding hydrogens is 212 g/mol. The van der Waals surface area contributed by atoms with E-state index in [2.05, 4.69) is 45.9 Å². The van der Waals surface area contributed by atoms with Crippen LogP contribution < -0.4 is 0 Å². The Kier molecular flexibility index (Phi) is 4.72. The van der Waals surface area contributed by atoms with E-state index in [0.717, 1.165) is 6.42 Å². The summed E-state index contributed by atoms with van der Waals surface area (Å²) in [5, 5.41) is 19.2. The molecule has 0 atom stereocenters. The van der Waals surface area contributed by atoms with Crippen LogP contribution in [-0.4, -0.2) is 23.4 Å². The van der Waals surface area contributed by atoms with Crippen LogP contribution in [-0.2, 0) is 6.42 Å². The standard InChI is InChI=1S/C15H24O2/c1-11(2)15(9-16,10-17)8-14-6-12(3)5-13(4)7-14/h5-7,11,16-17H,8-10H2,1-4H3. The fraction of sp³-hybridized carbons (Fsp3) is 0.600. The Bertz CT molecular complexity index is 345. The van der Waals surface area contributed by atoms with E-state index in [1.165, 1.54) is 16.7 Å². The zero-order valence-electron chi connectivity index (χ0n) is 11.3. The Labute approximate surface area is 104 Å². The highest BCUT2D eigenvalue weighted by atomic mass is 16.3. The summed E-state index contributed by atoms with van der Waals surface area (Å²) in [5.74, 6) is 0.248. The summed E-state index contributed by atoms with van der Waals surface area (Å²) in [6.45, 7) is 8.30. The van der Waals surface area contributed by atoms with Crippen LogP contribution in [0, 0.1) is 25.2 Å². The molecule has 0 aliphatic carbocycles. The molecule has 1 aromatic carbocycles. The minimum absolute atomic E-state index is 0.0220. The Morgan fingerprint density at radius 3 is 1.82 bits per heavy atom. The monoisotopic (exact) mass is 236 g/mol. The maximum atomic E-state index is 9.59. The predicted molar refractivity (Wildman–Crippen MR) is 71.1 cm³/mol. The first-order valence-corrected chi connectivity index (χ1v) is 6.22. The molecule has 2 nitrogen and oxygen atoms in total. The average Bonchev–Trinajstić information content (AvgIpc) is 2.24. The van der Waals surface area contributed by atoms with Crippen LogP contribution in [0.4, 0.5) is 0 Å². The summed E-state index contributed by atoms with van der Waals surface area (Å²) in [6, 6.07) is 6.41. The van der Waals surface area contributed by atoms with Crippen molar-refractivity contribution in [3.63, 3.8) is 0 Å². The number of rotatable bonds is 5. The molecular formula is C15H24O2. The third-order valence-electron chi connectivity index (χ3n) is 3.69. The van der Waals surface area contributed by atoms with Crippen LogP contribution in [0.3, 0.4) is 0 Å². The predicted octanol–water partition coefficient (Wildman–Crippen LogP) is 2.47. The van der Waals surface area contributed by atoms with E-state index >= 15 is 0 Å². The van der Waals surface area contributed by atoms with Gasteiger partial charge >= 0.3 is 0 Å². The molecule has 0 saturated carbocycles. The van der Waals surface area contributed by atoms with Gasteiger partial charge in [0.05, 0.1) is 13.2 Å². The molecule has 0 aromatic heterocycles. The van der Waals surface area contributed by atoms with Gasteiger partial charge in [-0.15, -0.1) is 0 Å². The highest BCUT2D eigenvalue weighted by Crippen LogP contribution is 2.31. The van der Waals surface area contributed by atoms with Crippen molar-refractivity contribution < 1.29 is 10.2 Å². The highest BCUT2D eigenvalue weighted by molar-refractivity contribution is 5.29. The Morgan fingerprint density at radius 2 is 1.47 bits per heavy atom. The molecule has 0 aliphatic rings. The van der Waals surface area contributed by atoms with Crippen LogP contribution in [0.5, 0.6) is 0 Å². The molecule has 96 valence electrons. The zero-order chi connectivity index (χ0) is 13.1. The lowest BCUT2D eigenvalue weighted by molar-refractivity contribution is 0.0163. The van der Waals surface area contributed by atoms with Crippen LogP contribution in [0.2, 0.25) is 0 Å². The van der Waals surface area contributed by atoms with Crippen LogP contribution in [0.25, 0.3) is 0 Å². The second-order valence-electron chi connectivity index (χ2n) is 5.51. The fourth-order valence-electron chi connectivity index (χ4n) is 2.31. The van der Waals surface area contributed by atoms with Crippen molar-refractivity contribution in [2.24, 2.45) is 11.3 Å². The SMILES string of the molecule is Cc1cc(C)cc(CC(CO)(CO)C(C)C)c1. The third-order valence-corrected chi connectivity index (χ3v) is 3.69. The lowest BCUT2D eigenvalue weighted by atomic mass is 9.73. The Balaban J connectivity index is 3.01. The van der Waals surface area contributed by atoms with Gasteiger partial charge in [0.1, 0.15) is 0 Å². The van der Waals surface area contributed by atoms with Gasteiger partial charge in [0.15, 0.2) is 0 Å². The van der Waals surface area contributed by atoms with Gasteiger partial charge in [-0.2, -0.15) is 0 Å². The van der Waals surface area contributed by atoms with Crippen LogP contribution in [0.1, 0.15) is 30.5 Å². The topological polar surface area (TPSA) is 40.5 Å². The van der Waals surface area contributed by atoms with Gasteiger partial charge in [-0.1, -0.05) is 43.2 Å². The highest BCUT2D eigenvalue weighted by Gasteiger charge is 2.32. The van der Waals surface area contributed by atoms with Crippen molar-refractivity contribution in [1.29, 1.82) is 0 Å². The van der Waals surface area contributed by atoms with E-state index < -0.39 is 5.41 Å². The lowest BCUT2D eigenvalue weighted by Gasteiger charge is -2.34. The van der Waals surface area contributed by atoms with Gasteiger partial charge in [-0.25, -0.2) is 0 Å². The van der Waals surface area contributed by atoms with Crippen molar-refractivity contribution in [3.05, 3.63) is 34.9 Å². The van der Waals surface area contributed by atoms with Gasteiger partial charge in [-0.3, -0.25) is 0 Å². The van der Waals surface area contributed by atoms with Crippen molar-refractivity contribution in [2.45, 2.75) is 34.1 Å². The number of aliphatic hydroxyl groups is 2. The molecule has 0 spiro atoms. The molecule has 2 heteroatoms. The maximum absolute atomic E-state index is 9.59. The van der Waals surface area contributed by atoms with Crippen molar-refractivity contribution in [2.75, 3.05) is 13.2 Å². The van der Waals surface area contributed by atoms with E-state index in [1.54, 1.807) is 0 Å². The minimum atomic E-state index is -0.416. The number of aryl methyl sites for hydroxylation is 2. The van der Waals surface area contributed by atoms with Gasteiger partial charge in [0, 0.05) is 5.41 Å². The summed E-state index contributed by atoms with van der Waals surface area (Å²) < 4.78 is 0.